The van der Waals surface area contributed by atoms with E-state index in [9.17, 15) is 14.3 Å². The number of carbonyl (C=O) groups is 1. The number of nitrogens with zero attached hydrogens (tertiary/aromatic N) is 4. The van der Waals surface area contributed by atoms with Gasteiger partial charge in [-0.3, -0.25) is 0 Å². The van der Waals surface area contributed by atoms with E-state index in [-0.39, 0.29) is 29.7 Å². The van der Waals surface area contributed by atoms with Gasteiger partial charge in [0.25, 0.3) is 0 Å². The lowest BCUT2D eigenvalue weighted by Gasteiger charge is -2.36. The predicted octanol–water partition coefficient (Wildman–Crippen LogP) is 3.59. The molecule has 2 fully saturated rings. The molecule has 1 amide bonds. The fourth-order valence-electron chi connectivity index (χ4n) is 4.18. The highest BCUT2D eigenvalue weighted by molar-refractivity contribution is 5.65. The SMILES string of the molecule is CC(C)n1nc(N[C@@H]2[C@@H]3CC[C@H]2CN(C(=O)O)C3)nc1Oc1cccc(F)c1. The molecule has 2 aliphatic rings. The normalized spacial score (nSPS) is 23.9. The maximum atomic E-state index is 13.4. The number of amides is 1. The van der Waals surface area contributed by atoms with Gasteiger partial charge >= 0.3 is 12.1 Å². The van der Waals surface area contributed by atoms with Crippen molar-refractivity contribution in [3.05, 3.63) is 30.1 Å². The number of aromatic nitrogens is 3. The van der Waals surface area contributed by atoms with Crippen LogP contribution in [-0.4, -0.2) is 50.0 Å². The molecule has 2 bridgehead atoms. The number of likely N-dealkylation sites (tertiary alicyclic amines) is 1. The number of benzene rings is 1. The molecule has 1 aromatic heterocycles. The third-order valence-electron chi connectivity index (χ3n) is 5.49. The highest BCUT2D eigenvalue weighted by atomic mass is 19.1. The fourth-order valence-corrected chi connectivity index (χ4v) is 4.18. The highest BCUT2D eigenvalue weighted by Crippen LogP contribution is 2.38. The summed E-state index contributed by atoms with van der Waals surface area (Å²) >= 11 is 0. The third-order valence-corrected chi connectivity index (χ3v) is 5.49. The minimum atomic E-state index is -0.858. The Morgan fingerprint density at radius 3 is 2.64 bits per heavy atom. The van der Waals surface area contributed by atoms with Crippen molar-refractivity contribution in [3.63, 3.8) is 0 Å². The van der Waals surface area contributed by atoms with Gasteiger partial charge in [0.2, 0.25) is 5.95 Å². The van der Waals surface area contributed by atoms with Crippen molar-refractivity contribution >= 4 is 12.0 Å². The second-order valence-electron chi connectivity index (χ2n) is 7.77. The van der Waals surface area contributed by atoms with E-state index in [0.717, 1.165) is 12.8 Å². The molecule has 1 aliphatic heterocycles. The van der Waals surface area contributed by atoms with Crippen LogP contribution in [0.3, 0.4) is 0 Å². The van der Waals surface area contributed by atoms with Crippen LogP contribution in [0.15, 0.2) is 24.3 Å². The Morgan fingerprint density at radius 2 is 2.04 bits per heavy atom. The zero-order chi connectivity index (χ0) is 19.8. The van der Waals surface area contributed by atoms with Crippen molar-refractivity contribution in [3.8, 4) is 11.8 Å². The number of rotatable bonds is 5. The van der Waals surface area contributed by atoms with Crippen LogP contribution in [0.5, 0.6) is 11.8 Å². The molecule has 1 saturated heterocycles. The topological polar surface area (TPSA) is 92.5 Å². The zero-order valence-corrected chi connectivity index (χ0v) is 15.9. The Labute approximate surface area is 162 Å². The lowest BCUT2D eigenvalue weighted by molar-refractivity contribution is 0.112. The number of halogens is 1. The number of anilines is 1. The summed E-state index contributed by atoms with van der Waals surface area (Å²) in [5.41, 5.74) is 0. The minimum Gasteiger partial charge on any atom is -0.465 e. The van der Waals surface area contributed by atoms with Gasteiger partial charge in [-0.15, -0.1) is 5.10 Å². The molecule has 150 valence electrons. The Hall–Kier alpha value is -2.84. The molecule has 2 N–H and O–H groups in total. The molecule has 1 saturated carbocycles. The predicted molar refractivity (Wildman–Crippen MR) is 100 cm³/mol. The Balaban J connectivity index is 1.52. The van der Waals surface area contributed by atoms with Gasteiger partial charge in [-0.25, -0.2) is 13.9 Å². The molecular formula is C19H24FN5O3. The van der Waals surface area contributed by atoms with E-state index < -0.39 is 6.09 Å². The molecule has 0 radical (unpaired) electrons. The first-order valence-corrected chi connectivity index (χ1v) is 9.55. The molecule has 4 rings (SSSR count). The van der Waals surface area contributed by atoms with Crippen LogP contribution in [0.4, 0.5) is 15.1 Å². The summed E-state index contributed by atoms with van der Waals surface area (Å²) < 4.78 is 20.9. The average molecular weight is 389 g/mol. The van der Waals surface area contributed by atoms with Gasteiger partial charge in [0.15, 0.2) is 0 Å². The molecule has 0 spiro atoms. The maximum Gasteiger partial charge on any atom is 0.407 e. The van der Waals surface area contributed by atoms with Crippen LogP contribution in [0.2, 0.25) is 0 Å². The van der Waals surface area contributed by atoms with E-state index in [1.165, 1.54) is 17.0 Å². The third kappa shape index (κ3) is 3.61. The second-order valence-corrected chi connectivity index (χ2v) is 7.77. The molecule has 2 aromatic rings. The molecule has 3 atom stereocenters. The van der Waals surface area contributed by atoms with Gasteiger partial charge < -0.3 is 20.1 Å². The molecule has 1 aliphatic carbocycles. The van der Waals surface area contributed by atoms with Crippen LogP contribution in [0.25, 0.3) is 0 Å². The van der Waals surface area contributed by atoms with Crippen molar-refractivity contribution in [2.45, 2.75) is 38.8 Å². The number of fused-ring (bicyclic) bond motifs is 2. The maximum absolute atomic E-state index is 13.4. The van der Waals surface area contributed by atoms with Crippen LogP contribution >= 0.6 is 0 Å². The number of nitrogens with one attached hydrogen (secondary N) is 1. The molecule has 8 nitrogen and oxygen atoms in total. The lowest BCUT2D eigenvalue weighted by atomic mass is 9.92. The van der Waals surface area contributed by atoms with Crippen LogP contribution in [-0.2, 0) is 0 Å². The Morgan fingerprint density at radius 1 is 1.32 bits per heavy atom. The molecule has 1 aromatic carbocycles. The first-order valence-electron chi connectivity index (χ1n) is 9.55. The molecular weight excluding hydrogens is 365 g/mol. The first kappa shape index (κ1) is 18.5. The van der Waals surface area contributed by atoms with Crippen molar-refractivity contribution in [1.82, 2.24) is 19.7 Å². The summed E-state index contributed by atoms with van der Waals surface area (Å²) in [5.74, 6) is 0.913. The van der Waals surface area contributed by atoms with Gasteiger partial charge in [0, 0.05) is 25.2 Å². The molecule has 28 heavy (non-hydrogen) atoms. The standard InChI is InChI=1S/C19H24FN5O3/c1-11(2)25-18(28-15-5-3-4-14(20)8-15)22-17(23-25)21-16-12-6-7-13(16)10-24(9-12)19(26)27/h3-5,8,11-13,16H,6-7,9-10H2,1-2H3,(H,21,23)(H,26,27)/t12-,13+,16-. The summed E-state index contributed by atoms with van der Waals surface area (Å²) in [5, 5.41) is 17.2. The summed E-state index contributed by atoms with van der Waals surface area (Å²) in [4.78, 5) is 17.3. The Kier molecular flexibility index (Phi) is 4.82. The Bertz CT molecular complexity index is 857. The van der Waals surface area contributed by atoms with Crippen LogP contribution < -0.4 is 10.1 Å². The van der Waals surface area contributed by atoms with Gasteiger partial charge in [-0.2, -0.15) is 4.98 Å². The number of hydrogen-bond donors (Lipinski definition) is 2. The van der Waals surface area contributed by atoms with E-state index >= 15 is 0 Å². The highest BCUT2D eigenvalue weighted by Gasteiger charge is 2.43. The summed E-state index contributed by atoms with van der Waals surface area (Å²) in [6.45, 7) is 4.99. The van der Waals surface area contributed by atoms with E-state index in [4.69, 9.17) is 4.74 Å². The van der Waals surface area contributed by atoms with Crippen molar-refractivity contribution in [2.75, 3.05) is 18.4 Å². The van der Waals surface area contributed by atoms with Gasteiger partial charge in [-0.1, -0.05) is 6.07 Å². The first-order chi connectivity index (χ1) is 13.4. The number of carboxylic acid groups (broad SMARTS) is 1. The van der Waals surface area contributed by atoms with E-state index in [1.807, 2.05) is 13.8 Å². The number of ether oxygens (including phenoxy) is 1. The van der Waals surface area contributed by atoms with Gasteiger partial charge in [0.05, 0.1) is 6.04 Å². The summed E-state index contributed by atoms with van der Waals surface area (Å²) in [6.07, 6.45) is 1.12. The second kappa shape index (κ2) is 7.29. The lowest BCUT2D eigenvalue weighted by Crippen LogP contribution is -2.49. The van der Waals surface area contributed by atoms with E-state index in [1.54, 1.807) is 16.8 Å². The molecule has 9 heteroatoms. The quantitative estimate of drug-likeness (QED) is 0.812. The summed E-state index contributed by atoms with van der Waals surface area (Å²) in [7, 11) is 0. The molecule has 2 heterocycles. The van der Waals surface area contributed by atoms with Crippen LogP contribution in [0.1, 0.15) is 32.7 Å². The zero-order valence-electron chi connectivity index (χ0n) is 15.9. The monoisotopic (exact) mass is 389 g/mol. The minimum absolute atomic E-state index is 0.0113. The molecule has 0 unspecified atom stereocenters. The van der Waals surface area contributed by atoms with Crippen LogP contribution in [0, 0.1) is 17.7 Å². The van der Waals surface area contributed by atoms with E-state index in [2.05, 4.69) is 15.4 Å². The van der Waals surface area contributed by atoms with Crippen molar-refractivity contribution in [1.29, 1.82) is 0 Å². The largest absolute Gasteiger partial charge is 0.465 e. The smallest absolute Gasteiger partial charge is 0.407 e. The van der Waals surface area contributed by atoms with Crippen molar-refractivity contribution in [2.24, 2.45) is 11.8 Å². The summed E-state index contributed by atoms with van der Waals surface area (Å²) in [6, 6.07) is 6.34. The fraction of sp³-hybridized carbons (Fsp3) is 0.526. The van der Waals surface area contributed by atoms with Crippen molar-refractivity contribution < 1.29 is 19.0 Å². The number of hydrogen-bond acceptors (Lipinski definition) is 5. The van der Waals surface area contributed by atoms with E-state index in [0.29, 0.717) is 30.8 Å². The van der Waals surface area contributed by atoms with Gasteiger partial charge in [0.1, 0.15) is 11.6 Å². The van der Waals surface area contributed by atoms with Gasteiger partial charge in [-0.05, 0) is 50.7 Å². The average Bonchev–Trinajstić information content (AvgIpc) is 3.12. The number of piperidine rings is 1.